The summed E-state index contributed by atoms with van der Waals surface area (Å²) in [7, 11) is 1.62. The van der Waals surface area contributed by atoms with Crippen molar-refractivity contribution < 1.29 is 14.3 Å². The number of rotatable bonds is 7. The van der Waals surface area contributed by atoms with Gasteiger partial charge in [0.05, 0.1) is 26.4 Å². The van der Waals surface area contributed by atoms with Crippen molar-refractivity contribution in [2.24, 2.45) is 5.73 Å². The standard InChI is InChI=1S/C16H22N2O3/c1-13-12-15(6-5-14(13)4-3-7-17)16(19)18-8-9-21-11-10-20-2/h5-6,12H,7-11,17H2,1-2H3,(H,18,19). The number of benzene rings is 1. The van der Waals surface area contributed by atoms with E-state index < -0.39 is 0 Å². The SMILES string of the molecule is COCCOCCNC(=O)c1ccc(C#CCN)c(C)c1. The molecular weight excluding hydrogens is 268 g/mol. The third-order valence-corrected chi connectivity index (χ3v) is 2.78. The van der Waals surface area contributed by atoms with Gasteiger partial charge in [-0.1, -0.05) is 11.8 Å². The van der Waals surface area contributed by atoms with E-state index in [1.54, 1.807) is 13.2 Å². The minimum absolute atomic E-state index is 0.119. The van der Waals surface area contributed by atoms with Gasteiger partial charge in [-0.2, -0.15) is 0 Å². The van der Waals surface area contributed by atoms with Gasteiger partial charge >= 0.3 is 0 Å². The van der Waals surface area contributed by atoms with Gasteiger partial charge in [-0.15, -0.1) is 0 Å². The number of carbonyl (C=O) groups is 1. The smallest absolute Gasteiger partial charge is 0.251 e. The van der Waals surface area contributed by atoms with Gasteiger partial charge in [-0.25, -0.2) is 0 Å². The monoisotopic (exact) mass is 290 g/mol. The molecule has 1 aromatic carbocycles. The van der Waals surface area contributed by atoms with Gasteiger partial charge in [0.1, 0.15) is 0 Å². The van der Waals surface area contributed by atoms with E-state index in [0.717, 1.165) is 11.1 Å². The summed E-state index contributed by atoms with van der Waals surface area (Å²) in [5, 5.41) is 2.80. The fourth-order valence-electron chi connectivity index (χ4n) is 1.67. The second-order valence-electron chi connectivity index (χ2n) is 4.40. The van der Waals surface area contributed by atoms with Crippen molar-refractivity contribution in [3.8, 4) is 11.8 Å². The van der Waals surface area contributed by atoms with Crippen LogP contribution in [0.1, 0.15) is 21.5 Å². The normalized spacial score (nSPS) is 9.86. The molecule has 0 saturated carbocycles. The van der Waals surface area contributed by atoms with E-state index in [4.69, 9.17) is 15.2 Å². The van der Waals surface area contributed by atoms with Gasteiger partial charge < -0.3 is 20.5 Å². The summed E-state index contributed by atoms with van der Waals surface area (Å²) in [5.74, 6) is 5.66. The molecule has 0 aliphatic heterocycles. The summed E-state index contributed by atoms with van der Waals surface area (Å²) in [5.41, 5.74) is 7.81. The third-order valence-electron chi connectivity index (χ3n) is 2.78. The van der Waals surface area contributed by atoms with Crippen LogP contribution in [0.15, 0.2) is 18.2 Å². The largest absolute Gasteiger partial charge is 0.382 e. The van der Waals surface area contributed by atoms with E-state index in [9.17, 15) is 4.79 Å². The van der Waals surface area contributed by atoms with Crippen LogP contribution in [0.5, 0.6) is 0 Å². The average molecular weight is 290 g/mol. The van der Waals surface area contributed by atoms with E-state index in [0.29, 0.717) is 38.5 Å². The van der Waals surface area contributed by atoms with Crippen molar-refractivity contribution >= 4 is 5.91 Å². The molecule has 5 heteroatoms. The number of nitrogens with one attached hydrogen (secondary N) is 1. The molecule has 0 atom stereocenters. The quantitative estimate of drug-likeness (QED) is 0.572. The van der Waals surface area contributed by atoms with Gasteiger partial charge in [0.15, 0.2) is 0 Å². The number of hydrogen-bond acceptors (Lipinski definition) is 4. The van der Waals surface area contributed by atoms with Crippen molar-refractivity contribution in [2.45, 2.75) is 6.92 Å². The van der Waals surface area contributed by atoms with Crippen LogP contribution >= 0.6 is 0 Å². The minimum Gasteiger partial charge on any atom is -0.382 e. The highest BCUT2D eigenvalue weighted by molar-refractivity contribution is 5.94. The number of hydrogen-bond donors (Lipinski definition) is 2. The molecule has 0 aliphatic rings. The maximum atomic E-state index is 12.0. The fourth-order valence-corrected chi connectivity index (χ4v) is 1.67. The van der Waals surface area contributed by atoms with Gasteiger partial charge in [0.25, 0.3) is 5.91 Å². The zero-order chi connectivity index (χ0) is 15.5. The Hall–Kier alpha value is -1.87. The number of aryl methyl sites for hydroxylation is 1. The van der Waals surface area contributed by atoms with Crippen molar-refractivity contribution in [3.05, 3.63) is 34.9 Å². The van der Waals surface area contributed by atoms with Crippen LogP contribution < -0.4 is 11.1 Å². The second-order valence-corrected chi connectivity index (χ2v) is 4.40. The number of methoxy groups -OCH3 is 1. The lowest BCUT2D eigenvalue weighted by Gasteiger charge is -2.07. The average Bonchev–Trinajstić information content (AvgIpc) is 2.49. The Morgan fingerprint density at radius 2 is 2.14 bits per heavy atom. The molecule has 0 fully saturated rings. The molecule has 3 N–H and O–H groups in total. The molecule has 21 heavy (non-hydrogen) atoms. The molecule has 0 unspecified atom stereocenters. The van der Waals surface area contributed by atoms with Crippen LogP contribution in [0.2, 0.25) is 0 Å². The van der Waals surface area contributed by atoms with Gasteiger partial charge in [0.2, 0.25) is 0 Å². The summed E-state index contributed by atoms with van der Waals surface area (Å²) in [6.07, 6.45) is 0. The molecule has 0 bridgehead atoms. The molecule has 1 rings (SSSR count). The lowest BCUT2D eigenvalue weighted by atomic mass is 10.0. The van der Waals surface area contributed by atoms with Crippen LogP contribution in [-0.4, -0.2) is 45.9 Å². The highest BCUT2D eigenvalue weighted by atomic mass is 16.5. The Bertz CT molecular complexity index is 518. The van der Waals surface area contributed by atoms with Gasteiger partial charge in [-0.3, -0.25) is 4.79 Å². The molecule has 1 aromatic rings. The Morgan fingerprint density at radius 3 is 2.81 bits per heavy atom. The van der Waals surface area contributed by atoms with E-state index in [1.807, 2.05) is 19.1 Å². The minimum atomic E-state index is -0.119. The molecule has 0 aromatic heterocycles. The Labute approximate surface area is 125 Å². The number of amides is 1. The highest BCUT2D eigenvalue weighted by Gasteiger charge is 2.06. The molecule has 0 heterocycles. The summed E-state index contributed by atoms with van der Waals surface area (Å²) >= 11 is 0. The van der Waals surface area contributed by atoms with Crippen molar-refractivity contribution in [3.63, 3.8) is 0 Å². The lowest BCUT2D eigenvalue weighted by molar-refractivity contribution is 0.0692. The highest BCUT2D eigenvalue weighted by Crippen LogP contribution is 2.10. The van der Waals surface area contributed by atoms with Gasteiger partial charge in [-0.05, 0) is 30.7 Å². The molecule has 0 aliphatic carbocycles. The summed E-state index contributed by atoms with van der Waals surface area (Å²) < 4.78 is 10.1. The van der Waals surface area contributed by atoms with E-state index in [-0.39, 0.29) is 5.91 Å². The van der Waals surface area contributed by atoms with Crippen LogP contribution in [0.3, 0.4) is 0 Å². The van der Waals surface area contributed by atoms with E-state index >= 15 is 0 Å². The fraction of sp³-hybridized carbons (Fsp3) is 0.438. The van der Waals surface area contributed by atoms with Crippen LogP contribution in [-0.2, 0) is 9.47 Å². The first kappa shape index (κ1) is 17.2. The van der Waals surface area contributed by atoms with Gasteiger partial charge in [0, 0.05) is 24.8 Å². The van der Waals surface area contributed by atoms with Crippen LogP contribution in [0.4, 0.5) is 0 Å². The molecule has 0 radical (unpaired) electrons. The molecule has 114 valence electrons. The van der Waals surface area contributed by atoms with Crippen LogP contribution in [0, 0.1) is 18.8 Å². The molecule has 0 saturated heterocycles. The molecule has 0 spiro atoms. The third kappa shape index (κ3) is 6.41. The second kappa shape index (κ2) is 9.94. The molecular formula is C16H22N2O3. The van der Waals surface area contributed by atoms with Crippen molar-refractivity contribution in [1.29, 1.82) is 0 Å². The molecule has 5 nitrogen and oxygen atoms in total. The Morgan fingerprint density at radius 1 is 1.33 bits per heavy atom. The summed E-state index contributed by atoms with van der Waals surface area (Å²) in [6, 6.07) is 5.41. The zero-order valence-corrected chi connectivity index (χ0v) is 12.6. The zero-order valence-electron chi connectivity index (χ0n) is 12.6. The maximum Gasteiger partial charge on any atom is 0.251 e. The van der Waals surface area contributed by atoms with Crippen LogP contribution in [0.25, 0.3) is 0 Å². The van der Waals surface area contributed by atoms with Crippen molar-refractivity contribution in [2.75, 3.05) is 40.0 Å². The lowest BCUT2D eigenvalue weighted by Crippen LogP contribution is -2.27. The maximum absolute atomic E-state index is 12.0. The predicted molar refractivity (Wildman–Crippen MR) is 82.1 cm³/mol. The summed E-state index contributed by atoms with van der Waals surface area (Å²) in [6.45, 7) is 4.26. The first-order valence-electron chi connectivity index (χ1n) is 6.83. The summed E-state index contributed by atoms with van der Waals surface area (Å²) in [4.78, 5) is 12.0. The number of nitrogens with two attached hydrogens (primary N) is 1. The first-order chi connectivity index (χ1) is 10.2. The van der Waals surface area contributed by atoms with E-state index in [2.05, 4.69) is 17.2 Å². The first-order valence-corrected chi connectivity index (χ1v) is 6.83. The number of carbonyl (C=O) groups excluding carboxylic acids is 1. The predicted octanol–water partition coefficient (Wildman–Crippen LogP) is 0.698. The van der Waals surface area contributed by atoms with E-state index in [1.165, 1.54) is 0 Å². The number of ether oxygens (including phenoxy) is 2. The van der Waals surface area contributed by atoms with Crippen molar-refractivity contribution in [1.82, 2.24) is 5.32 Å². The Kier molecular flexibility index (Phi) is 8.14. The molecule has 1 amide bonds. The topological polar surface area (TPSA) is 73.6 Å². The Balaban J connectivity index is 2.46.